The van der Waals surface area contributed by atoms with Crippen molar-refractivity contribution in [3.05, 3.63) is 71.9 Å². The van der Waals surface area contributed by atoms with Crippen molar-refractivity contribution in [2.75, 3.05) is 50.0 Å². The summed E-state index contributed by atoms with van der Waals surface area (Å²) < 4.78 is 0. The van der Waals surface area contributed by atoms with Crippen molar-refractivity contribution >= 4 is 22.8 Å². The topological polar surface area (TPSA) is 70.1 Å². The molecule has 0 atom stereocenters. The second-order valence-electron chi connectivity index (χ2n) is 8.80. The van der Waals surface area contributed by atoms with Gasteiger partial charge in [-0.1, -0.05) is 61.5 Å². The average Bonchev–Trinajstić information content (AvgIpc) is 2.89. The highest BCUT2D eigenvalue weighted by Gasteiger charge is 2.18. The zero-order valence-corrected chi connectivity index (χ0v) is 19.9. The molecule has 3 heterocycles. The van der Waals surface area contributed by atoms with E-state index in [1.807, 2.05) is 36.5 Å². The first kappa shape index (κ1) is 22.2. The van der Waals surface area contributed by atoms with Crippen LogP contribution in [-0.4, -0.2) is 64.6 Å². The minimum Gasteiger partial charge on any atom is -0.368 e. The van der Waals surface area contributed by atoms with Crippen molar-refractivity contribution in [1.29, 1.82) is 0 Å². The van der Waals surface area contributed by atoms with Gasteiger partial charge in [0.15, 0.2) is 22.8 Å². The van der Waals surface area contributed by atoms with Crippen LogP contribution in [-0.2, 0) is 12.8 Å². The summed E-state index contributed by atoms with van der Waals surface area (Å²) in [5, 5.41) is 3.51. The zero-order chi connectivity index (χ0) is 23.3. The van der Waals surface area contributed by atoms with E-state index in [2.05, 4.69) is 53.4 Å². The van der Waals surface area contributed by atoms with Crippen molar-refractivity contribution in [3.63, 3.8) is 0 Å². The molecular formula is C27H31N7. The first-order chi connectivity index (χ1) is 16.7. The van der Waals surface area contributed by atoms with E-state index in [1.165, 1.54) is 11.1 Å². The molecule has 0 aliphatic carbocycles. The molecule has 0 bridgehead atoms. The Labute approximate surface area is 200 Å². The van der Waals surface area contributed by atoms with Crippen LogP contribution in [0.3, 0.4) is 0 Å². The lowest BCUT2D eigenvalue weighted by atomic mass is 10.1. The van der Waals surface area contributed by atoms with E-state index in [0.29, 0.717) is 17.0 Å². The van der Waals surface area contributed by atoms with Gasteiger partial charge in [-0.2, -0.15) is 0 Å². The Balaban J connectivity index is 1.43. The lowest BCUT2D eigenvalue weighted by molar-refractivity contribution is 0.312. The number of rotatable bonds is 7. The lowest BCUT2D eigenvalue weighted by Gasteiger charge is -2.32. The van der Waals surface area contributed by atoms with Gasteiger partial charge in [-0.15, -0.1) is 0 Å². The third-order valence-electron chi connectivity index (χ3n) is 6.39. The highest BCUT2D eigenvalue weighted by atomic mass is 15.3. The Morgan fingerprint density at radius 3 is 2.32 bits per heavy atom. The quantitative estimate of drug-likeness (QED) is 0.453. The third kappa shape index (κ3) is 4.99. The minimum atomic E-state index is 0.625. The summed E-state index contributed by atoms with van der Waals surface area (Å²) in [5.41, 5.74) is 4.96. The van der Waals surface area contributed by atoms with Gasteiger partial charge >= 0.3 is 0 Å². The monoisotopic (exact) mass is 453 g/mol. The zero-order valence-electron chi connectivity index (χ0n) is 19.9. The molecule has 0 saturated carbocycles. The number of likely N-dealkylation sites (N-methyl/N-ethyl adjacent to an activating group) is 1. The summed E-state index contributed by atoms with van der Waals surface area (Å²) in [7, 11) is 2.15. The number of nitrogens with one attached hydrogen (secondary N) is 1. The van der Waals surface area contributed by atoms with Crippen molar-refractivity contribution in [2.24, 2.45) is 0 Å². The van der Waals surface area contributed by atoms with Crippen LogP contribution in [0.1, 0.15) is 18.1 Å². The number of fused-ring (bicyclic) bond motifs is 1. The van der Waals surface area contributed by atoms with E-state index >= 15 is 0 Å². The van der Waals surface area contributed by atoms with Crippen LogP contribution in [0.5, 0.6) is 0 Å². The van der Waals surface area contributed by atoms with Gasteiger partial charge in [0, 0.05) is 38.3 Å². The summed E-state index contributed by atoms with van der Waals surface area (Å²) in [5.74, 6) is 2.26. The SMILES string of the molecule is CCc1ccc(CCNc2nc(-c3ccccc3)nc3nc(N4CCN(C)CC4)cnc23)cc1. The minimum absolute atomic E-state index is 0.625. The van der Waals surface area contributed by atoms with Crippen LogP contribution in [0, 0.1) is 0 Å². The molecule has 0 unspecified atom stereocenters. The van der Waals surface area contributed by atoms with Crippen LogP contribution in [0.2, 0.25) is 0 Å². The van der Waals surface area contributed by atoms with Gasteiger partial charge in [0.25, 0.3) is 0 Å². The van der Waals surface area contributed by atoms with Crippen molar-refractivity contribution in [3.8, 4) is 11.4 Å². The molecule has 0 spiro atoms. The van der Waals surface area contributed by atoms with Crippen LogP contribution >= 0.6 is 0 Å². The molecule has 5 rings (SSSR count). The normalized spacial score (nSPS) is 14.5. The average molecular weight is 454 g/mol. The molecule has 7 nitrogen and oxygen atoms in total. The van der Waals surface area contributed by atoms with Crippen LogP contribution in [0.25, 0.3) is 22.6 Å². The Kier molecular flexibility index (Phi) is 6.62. The fourth-order valence-electron chi connectivity index (χ4n) is 4.19. The summed E-state index contributed by atoms with van der Waals surface area (Å²) in [6.07, 6.45) is 3.82. The van der Waals surface area contributed by atoms with Crippen molar-refractivity contribution in [1.82, 2.24) is 24.8 Å². The van der Waals surface area contributed by atoms with Crippen LogP contribution in [0.15, 0.2) is 60.8 Å². The molecule has 0 amide bonds. The molecular weight excluding hydrogens is 422 g/mol. The molecule has 34 heavy (non-hydrogen) atoms. The molecule has 4 aromatic rings. The predicted molar refractivity (Wildman–Crippen MR) is 138 cm³/mol. The van der Waals surface area contributed by atoms with E-state index in [1.54, 1.807) is 0 Å². The molecule has 1 N–H and O–H groups in total. The summed E-state index contributed by atoms with van der Waals surface area (Å²) >= 11 is 0. The number of anilines is 2. The van der Waals surface area contributed by atoms with Gasteiger partial charge in [-0.05, 0) is 31.0 Å². The number of benzene rings is 2. The second-order valence-corrected chi connectivity index (χ2v) is 8.80. The van der Waals surface area contributed by atoms with Crippen LogP contribution in [0.4, 0.5) is 11.6 Å². The maximum absolute atomic E-state index is 4.91. The van der Waals surface area contributed by atoms with E-state index in [4.69, 9.17) is 19.9 Å². The maximum atomic E-state index is 4.91. The number of aromatic nitrogens is 4. The van der Waals surface area contributed by atoms with E-state index in [0.717, 1.165) is 62.8 Å². The Bertz CT molecular complexity index is 1230. The summed E-state index contributed by atoms with van der Waals surface area (Å²) in [4.78, 5) is 23.9. The largest absolute Gasteiger partial charge is 0.368 e. The van der Waals surface area contributed by atoms with Crippen molar-refractivity contribution < 1.29 is 0 Å². The smallest absolute Gasteiger partial charge is 0.186 e. The third-order valence-corrected chi connectivity index (χ3v) is 6.39. The molecule has 174 valence electrons. The van der Waals surface area contributed by atoms with Gasteiger partial charge in [0.2, 0.25) is 0 Å². The molecule has 1 aliphatic heterocycles. The van der Waals surface area contributed by atoms with E-state index in [-0.39, 0.29) is 0 Å². The van der Waals surface area contributed by atoms with Crippen molar-refractivity contribution in [2.45, 2.75) is 19.8 Å². The Morgan fingerprint density at radius 1 is 0.853 bits per heavy atom. The second kappa shape index (κ2) is 10.1. The summed E-state index contributed by atoms with van der Waals surface area (Å²) in [6, 6.07) is 18.9. The number of aryl methyl sites for hydroxylation is 1. The Morgan fingerprint density at radius 2 is 1.59 bits per heavy atom. The first-order valence-electron chi connectivity index (χ1n) is 12.0. The molecule has 1 aliphatic rings. The summed E-state index contributed by atoms with van der Waals surface area (Å²) in [6.45, 7) is 6.85. The number of piperazine rings is 1. The fourth-order valence-corrected chi connectivity index (χ4v) is 4.19. The van der Waals surface area contributed by atoms with Gasteiger partial charge in [-0.25, -0.2) is 19.9 Å². The molecule has 0 radical (unpaired) electrons. The van der Waals surface area contributed by atoms with Gasteiger partial charge in [-0.3, -0.25) is 0 Å². The first-order valence-corrected chi connectivity index (χ1v) is 12.0. The highest BCUT2D eigenvalue weighted by Crippen LogP contribution is 2.25. The molecule has 1 fully saturated rings. The standard InChI is InChI=1S/C27H31N7/c1-3-20-9-11-21(12-10-20)13-14-28-26-24-27(32-25(31-26)22-7-5-4-6-8-22)30-23(19-29-24)34-17-15-33(2)16-18-34/h4-12,19H,3,13-18H2,1-2H3,(H,28,30,31,32). The number of hydrogen-bond donors (Lipinski definition) is 1. The molecule has 2 aromatic heterocycles. The highest BCUT2D eigenvalue weighted by molar-refractivity contribution is 5.85. The number of hydrogen-bond acceptors (Lipinski definition) is 7. The lowest BCUT2D eigenvalue weighted by Crippen LogP contribution is -2.44. The fraction of sp³-hybridized carbons (Fsp3) is 0.333. The maximum Gasteiger partial charge on any atom is 0.186 e. The molecule has 7 heteroatoms. The van der Waals surface area contributed by atoms with Gasteiger partial charge in [0.1, 0.15) is 5.82 Å². The van der Waals surface area contributed by atoms with Gasteiger partial charge in [0.05, 0.1) is 6.20 Å². The van der Waals surface area contributed by atoms with E-state index in [9.17, 15) is 0 Å². The van der Waals surface area contributed by atoms with Gasteiger partial charge < -0.3 is 15.1 Å². The predicted octanol–water partition coefficient (Wildman–Crippen LogP) is 4.06. The molecule has 1 saturated heterocycles. The molecule has 2 aromatic carbocycles. The Hall–Kier alpha value is -3.58. The van der Waals surface area contributed by atoms with Crippen LogP contribution < -0.4 is 10.2 Å². The number of nitrogens with zero attached hydrogens (tertiary/aromatic N) is 6. The van der Waals surface area contributed by atoms with E-state index < -0.39 is 0 Å².